The van der Waals surface area contributed by atoms with Crippen LogP contribution in [0, 0.1) is 0 Å². The highest BCUT2D eigenvalue weighted by molar-refractivity contribution is 7.47. The minimum atomic E-state index is -4.61. The number of rotatable bonds is 37. The molecule has 0 saturated heterocycles. The number of ether oxygens (including phenoxy) is 2. The van der Waals surface area contributed by atoms with E-state index in [9.17, 15) is 24.2 Å². The highest BCUT2D eigenvalue weighted by Crippen LogP contribution is 2.43. The lowest BCUT2D eigenvalue weighted by atomic mass is 10.1. The molecule has 0 heterocycles. The fourth-order valence-corrected chi connectivity index (χ4v) is 6.15. The predicted molar refractivity (Wildman–Crippen MR) is 196 cm³/mol. The Morgan fingerprint density at radius 2 is 1.04 bits per heavy atom. The third-order valence-corrected chi connectivity index (χ3v) is 9.38. The van der Waals surface area contributed by atoms with Crippen LogP contribution in [0.3, 0.4) is 0 Å². The Morgan fingerprint density at radius 1 is 0.592 bits per heavy atom. The van der Waals surface area contributed by atoms with Crippen molar-refractivity contribution >= 4 is 19.8 Å². The monoisotopic (exact) mass is 720 g/mol. The Kier molecular flexibility index (Phi) is 34.2. The van der Waals surface area contributed by atoms with Crippen LogP contribution in [0.2, 0.25) is 0 Å². The van der Waals surface area contributed by atoms with E-state index in [0.29, 0.717) is 12.8 Å². The van der Waals surface area contributed by atoms with Crippen molar-refractivity contribution in [1.82, 2.24) is 0 Å². The molecule has 49 heavy (non-hydrogen) atoms. The van der Waals surface area contributed by atoms with Crippen molar-refractivity contribution in [2.75, 3.05) is 26.4 Å². The van der Waals surface area contributed by atoms with Gasteiger partial charge >= 0.3 is 19.8 Å². The van der Waals surface area contributed by atoms with E-state index in [1.54, 1.807) is 0 Å². The molecule has 0 bridgehead atoms. The van der Waals surface area contributed by atoms with Crippen molar-refractivity contribution in [1.29, 1.82) is 0 Å². The lowest BCUT2D eigenvalue weighted by molar-refractivity contribution is -0.161. The Hall–Kier alpha value is -1.29. The number of hydrogen-bond donors (Lipinski definition) is 3. The van der Waals surface area contributed by atoms with Crippen molar-refractivity contribution in [3.63, 3.8) is 0 Å². The van der Waals surface area contributed by atoms with Crippen LogP contribution in [-0.2, 0) is 32.7 Å². The number of esters is 2. The second-order valence-electron chi connectivity index (χ2n) is 13.3. The summed E-state index contributed by atoms with van der Waals surface area (Å²) in [6.45, 7) is 2.33. The molecule has 1 unspecified atom stereocenters. The van der Waals surface area contributed by atoms with Crippen molar-refractivity contribution in [2.45, 2.75) is 193 Å². The molecular formula is C38H73O10P. The maximum Gasteiger partial charge on any atom is 0.472 e. The van der Waals surface area contributed by atoms with E-state index in [4.69, 9.17) is 19.1 Å². The summed E-state index contributed by atoms with van der Waals surface area (Å²) in [5, 5.41) is 18.3. The molecule has 290 valence electrons. The van der Waals surface area contributed by atoms with Gasteiger partial charge in [-0.05, 0) is 25.7 Å². The summed E-state index contributed by atoms with van der Waals surface area (Å²) in [5.74, 6) is -0.976. The zero-order valence-corrected chi connectivity index (χ0v) is 32.1. The van der Waals surface area contributed by atoms with Gasteiger partial charge in [-0.25, -0.2) is 4.57 Å². The number of allylic oxidation sites excluding steroid dienone is 2. The van der Waals surface area contributed by atoms with Gasteiger partial charge < -0.3 is 24.6 Å². The molecule has 0 aromatic heterocycles. The highest BCUT2D eigenvalue weighted by atomic mass is 31.2. The first-order valence-electron chi connectivity index (χ1n) is 19.6. The maximum absolute atomic E-state index is 12.5. The van der Waals surface area contributed by atoms with Crippen LogP contribution in [0.25, 0.3) is 0 Å². The number of hydrogen-bond acceptors (Lipinski definition) is 9. The quantitative estimate of drug-likeness (QED) is 0.0245. The van der Waals surface area contributed by atoms with Crippen LogP contribution in [0.15, 0.2) is 12.2 Å². The minimum absolute atomic E-state index is 0.105. The average Bonchev–Trinajstić information content (AvgIpc) is 3.09. The number of aliphatic hydroxyl groups excluding tert-OH is 2. The van der Waals surface area contributed by atoms with E-state index in [0.717, 1.165) is 32.1 Å². The van der Waals surface area contributed by atoms with Gasteiger partial charge in [0.2, 0.25) is 0 Å². The van der Waals surface area contributed by atoms with E-state index in [2.05, 4.69) is 24.4 Å². The van der Waals surface area contributed by atoms with Gasteiger partial charge in [0.15, 0.2) is 6.10 Å². The average molecular weight is 721 g/mol. The van der Waals surface area contributed by atoms with Gasteiger partial charge in [0.25, 0.3) is 0 Å². The lowest BCUT2D eigenvalue weighted by Gasteiger charge is -2.20. The molecule has 0 aliphatic heterocycles. The van der Waals surface area contributed by atoms with Crippen LogP contribution in [0.1, 0.15) is 181 Å². The Labute approximate surface area is 298 Å². The van der Waals surface area contributed by atoms with E-state index in [-0.39, 0.29) is 19.4 Å². The van der Waals surface area contributed by atoms with Crippen molar-refractivity contribution in [3.05, 3.63) is 12.2 Å². The second kappa shape index (κ2) is 35.1. The van der Waals surface area contributed by atoms with Crippen LogP contribution >= 0.6 is 7.82 Å². The van der Waals surface area contributed by atoms with Crippen LogP contribution in [0.4, 0.5) is 0 Å². The standard InChI is InChI=1S/C38H73O10P/c1-3-5-7-9-11-13-15-16-17-18-20-22-24-26-28-30-38(42)48-36(34-47-49(43,44)46-32-35(40)31-39)33-45-37(41)29-27-25-23-21-19-14-12-10-8-6-4-2/h24,26,35-36,39-40H,3-23,25,27-34H2,1-2H3,(H,43,44)/b26-24+/t35-,36+/m0/s1. The molecular weight excluding hydrogens is 647 g/mol. The molecule has 3 atom stereocenters. The Bertz CT molecular complexity index is 837. The van der Waals surface area contributed by atoms with Gasteiger partial charge in [0, 0.05) is 12.8 Å². The van der Waals surface area contributed by atoms with Crippen molar-refractivity contribution in [3.8, 4) is 0 Å². The highest BCUT2D eigenvalue weighted by Gasteiger charge is 2.27. The molecule has 0 aliphatic carbocycles. The summed E-state index contributed by atoms with van der Waals surface area (Å²) in [6, 6.07) is 0. The summed E-state index contributed by atoms with van der Waals surface area (Å²) in [7, 11) is -4.61. The summed E-state index contributed by atoms with van der Waals surface area (Å²) in [4.78, 5) is 34.8. The van der Waals surface area contributed by atoms with Crippen LogP contribution < -0.4 is 0 Å². The molecule has 0 amide bonds. The largest absolute Gasteiger partial charge is 0.472 e. The van der Waals surface area contributed by atoms with E-state index in [1.165, 1.54) is 109 Å². The Balaban J connectivity index is 4.38. The molecule has 0 aromatic carbocycles. The summed E-state index contributed by atoms with van der Waals surface area (Å²) < 4.78 is 32.5. The molecule has 3 N–H and O–H groups in total. The summed E-state index contributed by atoms with van der Waals surface area (Å²) in [5.41, 5.74) is 0. The van der Waals surface area contributed by atoms with Gasteiger partial charge in [-0.2, -0.15) is 0 Å². The number of phosphoric ester groups is 1. The lowest BCUT2D eigenvalue weighted by Crippen LogP contribution is -2.29. The molecule has 0 saturated carbocycles. The molecule has 0 aromatic rings. The molecule has 0 radical (unpaired) electrons. The summed E-state index contributed by atoms with van der Waals surface area (Å²) >= 11 is 0. The van der Waals surface area contributed by atoms with Crippen molar-refractivity contribution < 1.29 is 47.8 Å². The topological polar surface area (TPSA) is 149 Å². The number of carbonyl (C=O) groups is 2. The van der Waals surface area contributed by atoms with Gasteiger partial charge in [0.1, 0.15) is 12.7 Å². The van der Waals surface area contributed by atoms with Gasteiger partial charge in [-0.15, -0.1) is 0 Å². The van der Waals surface area contributed by atoms with E-state index >= 15 is 0 Å². The fraction of sp³-hybridized carbons (Fsp3) is 0.895. The molecule has 0 spiro atoms. The number of aliphatic hydroxyl groups is 2. The van der Waals surface area contributed by atoms with Gasteiger partial charge in [-0.1, -0.05) is 154 Å². The van der Waals surface area contributed by atoms with Gasteiger partial charge in [-0.3, -0.25) is 18.6 Å². The molecule has 0 aliphatic rings. The number of unbranched alkanes of at least 4 members (excludes halogenated alkanes) is 21. The zero-order valence-electron chi connectivity index (χ0n) is 31.2. The first-order valence-corrected chi connectivity index (χ1v) is 21.1. The fourth-order valence-electron chi connectivity index (χ4n) is 5.36. The van der Waals surface area contributed by atoms with E-state index in [1.807, 2.05) is 6.08 Å². The van der Waals surface area contributed by atoms with E-state index < -0.39 is 51.8 Å². The SMILES string of the molecule is CCCCCCCCCCCCC/C=C/CCC(=O)O[C@H](COC(=O)CCCCCCCCCCCCC)COP(=O)(O)OC[C@@H](O)CO. The molecule has 0 fully saturated rings. The van der Waals surface area contributed by atoms with Crippen LogP contribution in [-0.4, -0.2) is 65.7 Å². The summed E-state index contributed by atoms with van der Waals surface area (Å²) in [6.07, 6.45) is 30.5. The predicted octanol–water partition coefficient (Wildman–Crippen LogP) is 9.67. The number of carbonyl (C=O) groups excluding carboxylic acids is 2. The molecule has 11 heteroatoms. The third-order valence-electron chi connectivity index (χ3n) is 8.43. The molecule has 10 nitrogen and oxygen atoms in total. The second-order valence-corrected chi connectivity index (χ2v) is 14.8. The number of phosphoric acid groups is 1. The Morgan fingerprint density at radius 3 is 1.55 bits per heavy atom. The maximum atomic E-state index is 12.5. The first kappa shape index (κ1) is 47.7. The first-order chi connectivity index (χ1) is 23.7. The van der Waals surface area contributed by atoms with Crippen LogP contribution in [0.5, 0.6) is 0 Å². The minimum Gasteiger partial charge on any atom is -0.462 e. The third kappa shape index (κ3) is 34.9. The normalized spacial score (nSPS) is 14.1. The molecule has 0 rings (SSSR count). The van der Waals surface area contributed by atoms with Gasteiger partial charge in [0.05, 0.1) is 19.8 Å². The van der Waals surface area contributed by atoms with Crippen molar-refractivity contribution in [2.24, 2.45) is 0 Å². The zero-order chi connectivity index (χ0) is 36.3. The smallest absolute Gasteiger partial charge is 0.462 e.